The predicted octanol–water partition coefficient (Wildman–Crippen LogP) is 0.379. The largest absolute Gasteiger partial charge is 0.508 e. The third-order valence-corrected chi connectivity index (χ3v) is 5.84. The molecule has 5 atom stereocenters. The summed E-state index contributed by atoms with van der Waals surface area (Å²) in [6.45, 7) is -0.618. The quantitative estimate of drug-likeness (QED) is 0.197. The molecule has 4 rings (SSSR count). The molecule has 3 aromatic rings. The van der Waals surface area contributed by atoms with Crippen molar-refractivity contribution in [3.63, 3.8) is 0 Å². The summed E-state index contributed by atoms with van der Waals surface area (Å²) in [5.74, 6) is -2.40. The molecule has 0 saturated carbocycles. The number of hydrogen-bond donors (Lipinski definition) is 5. The number of aliphatic carboxylic acids is 1. The fraction of sp³-hybridized carbons (Fsp3) is 0.320. The van der Waals surface area contributed by atoms with Gasteiger partial charge in [0.05, 0.1) is 12.7 Å². The van der Waals surface area contributed by atoms with Crippen LogP contribution in [0.5, 0.6) is 17.2 Å². The summed E-state index contributed by atoms with van der Waals surface area (Å²) >= 11 is 0. The Morgan fingerprint density at radius 2 is 1.74 bits per heavy atom. The zero-order valence-corrected chi connectivity index (χ0v) is 19.8. The van der Waals surface area contributed by atoms with Gasteiger partial charge < -0.3 is 48.9 Å². The van der Waals surface area contributed by atoms with Crippen LogP contribution in [0, 0.1) is 0 Å². The second-order valence-corrected chi connectivity index (χ2v) is 8.41. The van der Waals surface area contributed by atoms with Crippen LogP contribution in [0.4, 0.5) is 0 Å². The van der Waals surface area contributed by atoms with Crippen molar-refractivity contribution >= 4 is 22.9 Å². The normalized spacial score (nSPS) is 23.1. The SMILES string of the molecule is COc1cc(O[C@@H]2O[C@H](COC(=O)CC(=O)O)[C@@H](O)[C@H](O)[C@H]2O)cc2occ(-c3ccc(O)cc3)c(=O)c12. The molecule has 0 unspecified atom stereocenters. The summed E-state index contributed by atoms with van der Waals surface area (Å²) in [4.78, 5) is 35.4. The smallest absolute Gasteiger partial charge is 0.317 e. The van der Waals surface area contributed by atoms with E-state index in [1.165, 1.54) is 37.6 Å². The molecule has 38 heavy (non-hydrogen) atoms. The minimum Gasteiger partial charge on any atom is -0.508 e. The summed E-state index contributed by atoms with van der Waals surface area (Å²) in [5.41, 5.74) is 0.364. The van der Waals surface area contributed by atoms with Crippen molar-refractivity contribution in [2.24, 2.45) is 0 Å². The minimum absolute atomic E-state index is 0.00384. The number of benzene rings is 2. The molecular formula is C25H24O13. The number of phenolic OH excluding ortho intramolecular Hbond substituents is 1. The number of methoxy groups -OCH3 is 1. The van der Waals surface area contributed by atoms with Crippen molar-refractivity contribution in [1.82, 2.24) is 0 Å². The number of rotatable bonds is 8. The summed E-state index contributed by atoms with van der Waals surface area (Å²) in [7, 11) is 1.32. The molecule has 2 heterocycles. The fourth-order valence-corrected chi connectivity index (χ4v) is 3.90. The van der Waals surface area contributed by atoms with E-state index in [1.807, 2.05) is 0 Å². The molecule has 2 aromatic carbocycles. The average molecular weight is 532 g/mol. The molecule has 1 aliphatic rings. The number of carboxylic acids is 1. The zero-order chi connectivity index (χ0) is 27.6. The lowest BCUT2D eigenvalue weighted by Gasteiger charge is -2.39. The molecule has 1 aromatic heterocycles. The van der Waals surface area contributed by atoms with E-state index in [4.69, 9.17) is 28.5 Å². The van der Waals surface area contributed by atoms with Gasteiger partial charge in [0.25, 0.3) is 0 Å². The first-order valence-corrected chi connectivity index (χ1v) is 11.3. The number of hydrogen-bond acceptors (Lipinski definition) is 12. The molecule has 0 bridgehead atoms. The highest BCUT2D eigenvalue weighted by Crippen LogP contribution is 2.33. The van der Waals surface area contributed by atoms with E-state index in [1.54, 1.807) is 12.1 Å². The van der Waals surface area contributed by atoms with E-state index in [9.17, 15) is 34.8 Å². The van der Waals surface area contributed by atoms with Gasteiger partial charge in [-0.15, -0.1) is 0 Å². The van der Waals surface area contributed by atoms with Gasteiger partial charge in [-0.1, -0.05) is 12.1 Å². The summed E-state index contributed by atoms with van der Waals surface area (Å²) in [5, 5.41) is 49.1. The first-order chi connectivity index (χ1) is 18.1. The second-order valence-electron chi connectivity index (χ2n) is 8.41. The van der Waals surface area contributed by atoms with E-state index in [2.05, 4.69) is 0 Å². The minimum atomic E-state index is -1.76. The highest BCUT2D eigenvalue weighted by molar-refractivity contribution is 5.90. The number of ether oxygens (including phenoxy) is 4. The van der Waals surface area contributed by atoms with E-state index in [-0.39, 0.29) is 33.8 Å². The van der Waals surface area contributed by atoms with Crippen LogP contribution >= 0.6 is 0 Å². The number of aliphatic hydroxyl groups excluding tert-OH is 3. The third kappa shape index (κ3) is 5.55. The maximum Gasteiger partial charge on any atom is 0.317 e. The summed E-state index contributed by atoms with van der Waals surface area (Å²) in [6.07, 6.45) is -7.78. The number of carbonyl (C=O) groups excluding carboxylic acids is 1. The molecule has 0 spiro atoms. The van der Waals surface area contributed by atoms with Crippen molar-refractivity contribution in [3.8, 4) is 28.4 Å². The maximum atomic E-state index is 13.2. The van der Waals surface area contributed by atoms with Gasteiger partial charge >= 0.3 is 11.9 Å². The molecule has 1 aliphatic heterocycles. The lowest BCUT2D eigenvalue weighted by molar-refractivity contribution is -0.278. The standard InChI is InChI=1S/C25H24O13/c1-34-15-6-13(7-16-20(15)21(30)14(9-35-16)11-2-4-12(26)5-3-11)37-25-24(33)23(32)22(31)17(38-25)10-36-19(29)8-18(27)28/h2-7,9,17,22-26,31-33H,8,10H2,1H3,(H,27,28)/t17-,22-,23+,24-,25-/m1/s1. The first-order valence-electron chi connectivity index (χ1n) is 11.3. The van der Waals surface area contributed by atoms with E-state index >= 15 is 0 Å². The molecule has 13 nitrogen and oxygen atoms in total. The molecule has 1 saturated heterocycles. The first kappa shape index (κ1) is 26.9. The van der Waals surface area contributed by atoms with Crippen molar-refractivity contribution < 1.29 is 58.5 Å². The monoisotopic (exact) mass is 532 g/mol. The van der Waals surface area contributed by atoms with Crippen LogP contribution in [0.1, 0.15) is 6.42 Å². The number of carbonyl (C=O) groups is 2. The summed E-state index contributed by atoms with van der Waals surface area (Å²) < 4.78 is 26.9. The lowest BCUT2D eigenvalue weighted by atomic mass is 9.99. The molecule has 0 amide bonds. The Morgan fingerprint density at radius 3 is 2.39 bits per heavy atom. The van der Waals surface area contributed by atoms with Crippen LogP contribution in [0.25, 0.3) is 22.1 Å². The highest BCUT2D eigenvalue weighted by Gasteiger charge is 2.45. The zero-order valence-electron chi connectivity index (χ0n) is 19.8. The Labute approximate surface area is 214 Å². The van der Waals surface area contributed by atoms with Gasteiger partial charge in [-0.3, -0.25) is 14.4 Å². The maximum absolute atomic E-state index is 13.2. The predicted molar refractivity (Wildman–Crippen MR) is 127 cm³/mol. The molecular weight excluding hydrogens is 508 g/mol. The summed E-state index contributed by atoms with van der Waals surface area (Å²) in [6, 6.07) is 8.61. The molecule has 13 heteroatoms. The second kappa shape index (κ2) is 11.1. The molecule has 202 valence electrons. The van der Waals surface area contributed by atoms with Crippen molar-refractivity contribution in [2.45, 2.75) is 37.1 Å². The highest BCUT2D eigenvalue weighted by atomic mass is 16.7. The number of aromatic hydroxyl groups is 1. The van der Waals surface area contributed by atoms with Crippen molar-refractivity contribution in [2.75, 3.05) is 13.7 Å². The van der Waals surface area contributed by atoms with Crippen molar-refractivity contribution in [1.29, 1.82) is 0 Å². The molecule has 0 radical (unpaired) electrons. The van der Waals surface area contributed by atoms with E-state index in [0.717, 1.165) is 0 Å². The third-order valence-electron chi connectivity index (χ3n) is 5.84. The topological polar surface area (TPSA) is 202 Å². The number of aliphatic hydroxyl groups is 3. The molecule has 5 N–H and O–H groups in total. The van der Waals surface area contributed by atoms with Crippen LogP contribution in [0.2, 0.25) is 0 Å². The average Bonchev–Trinajstić information content (AvgIpc) is 2.88. The van der Waals surface area contributed by atoms with Crippen LogP contribution < -0.4 is 14.9 Å². The Balaban J connectivity index is 1.59. The van der Waals surface area contributed by atoms with Gasteiger partial charge in [0.15, 0.2) is 0 Å². The molecule has 1 fully saturated rings. The Morgan fingerprint density at radius 1 is 1.03 bits per heavy atom. The fourth-order valence-electron chi connectivity index (χ4n) is 3.90. The van der Waals surface area contributed by atoms with Crippen LogP contribution in [-0.2, 0) is 19.1 Å². The van der Waals surface area contributed by atoms with Gasteiger partial charge in [-0.25, -0.2) is 0 Å². The van der Waals surface area contributed by atoms with Gasteiger partial charge in [0.1, 0.15) is 71.9 Å². The molecule has 0 aliphatic carbocycles. The van der Waals surface area contributed by atoms with Gasteiger partial charge in [0.2, 0.25) is 11.7 Å². The Bertz CT molecular complexity index is 1380. The Kier molecular flexibility index (Phi) is 7.83. The van der Waals surface area contributed by atoms with Crippen LogP contribution in [-0.4, -0.2) is 81.9 Å². The number of fused-ring (bicyclic) bond motifs is 1. The van der Waals surface area contributed by atoms with Gasteiger partial charge in [-0.05, 0) is 17.7 Å². The lowest BCUT2D eigenvalue weighted by Crippen LogP contribution is -2.60. The van der Waals surface area contributed by atoms with E-state index in [0.29, 0.717) is 5.56 Å². The van der Waals surface area contributed by atoms with Gasteiger partial charge in [-0.2, -0.15) is 0 Å². The van der Waals surface area contributed by atoms with Crippen molar-refractivity contribution in [3.05, 3.63) is 52.9 Å². The number of phenols is 1. The Hall–Kier alpha value is -4.17. The van der Waals surface area contributed by atoms with Crippen LogP contribution in [0.15, 0.2) is 51.9 Å². The van der Waals surface area contributed by atoms with Crippen LogP contribution in [0.3, 0.4) is 0 Å². The van der Waals surface area contributed by atoms with Gasteiger partial charge in [0, 0.05) is 12.1 Å². The van der Waals surface area contributed by atoms with E-state index < -0.39 is 61.1 Å². The number of esters is 1. The number of carboxylic acid groups (broad SMARTS) is 1.